The van der Waals surface area contributed by atoms with Gasteiger partial charge in [-0.15, -0.1) is 13.2 Å². The summed E-state index contributed by atoms with van der Waals surface area (Å²) in [6.07, 6.45) is 1.34. The van der Waals surface area contributed by atoms with Gasteiger partial charge in [-0.25, -0.2) is 18.4 Å². The van der Waals surface area contributed by atoms with Gasteiger partial charge < -0.3 is 10.1 Å². The lowest BCUT2D eigenvalue weighted by Gasteiger charge is -2.10. The first-order chi connectivity index (χ1) is 15.6. The van der Waals surface area contributed by atoms with Gasteiger partial charge in [0.1, 0.15) is 5.75 Å². The van der Waals surface area contributed by atoms with Gasteiger partial charge >= 0.3 is 6.36 Å². The van der Waals surface area contributed by atoms with E-state index in [9.17, 15) is 26.4 Å². The van der Waals surface area contributed by atoms with Crippen molar-refractivity contribution in [1.82, 2.24) is 19.7 Å². The number of hydrogen-bond donors (Lipinski definition) is 1. The average molecular weight is 476 g/mol. The van der Waals surface area contributed by atoms with Crippen LogP contribution in [0.4, 0.5) is 13.2 Å². The van der Waals surface area contributed by atoms with Crippen molar-refractivity contribution in [2.75, 3.05) is 0 Å². The highest BCUT2D eigenvalue weighted by Crippen LogP contribution is 2.26. The van der Waals surface area contributed by atoms with E-state index >= 15 is 0 Å². The maximum Gasteiger partial charge on any atom is 0.573 e. The molecule has 170 valence electrons. The first kappa shape index (κ1) is 22.3. The minimum atomic E-state index is -4.87. The van der Waals surface area contributed by atoms with Crippen LogP contribution in [0.15, 0.2) is 83.1 Å². The van der Waals surface area contributed by atoms with E-state index in [1.807, 2.05) is 0 Å². The van der Waals surface area contributed by atoms with E-state index in [2.05, 4.69) is 20.0 Å². The number of sulfone groups is 1. The van der Waals surface area contributed by atoms with Gasteiger partial charge in [0, 0.05) is 31.3 Å². The van der Waals surface area contributed by atoms with Crippen molar-refractivity contribution in [1.29, 1.82) is 0 Å². The summed E-state index contributed by atoms with van der Waals surface area (Å²) in [4.78, 5) is 20.2. The standard InChI is InChI=1S/C21H15F3N4O4S/c22-21(23,24)32-16-3-7-18(8-4-16)33(30,31)17-5-1-14(2-6-17)11-26-19(29)15-12-27-20-25-9-10-28(20)13-15/h1-10,12-13H,11H2,(H,26,29). The summed E-state index contributed by atoms with van der Waals surface area (Å²) in [6, 6.07) is 9.72. The Labute approximate surface area is 185 Å². The summed E-state index contributed by atoms with van der Waals surface area (Å²) in [5.41, 5.74) is 0.977. The number of imidazole rings is 1. The largest absolute Gasteiger partial charge is 0.573 e. The maximum atomic E-state index is 12.7. The predicted molar refractivity (Wildman–Crippen MR) is 109 cm³/mol. The molecular weight excluding hydrogens is 461 g/mol. The smallest absolute Gasteiger partial charge is 0.406 e. The highest BCUT2D eigenvalue weighted by Gasteiger charge is 2.31. The topological polar surface area (TPSA) is 103 Å². The summed E-state index contributed by atoms with van der Waals surface area (Å²) in [6.45, 7) is 0.143. The number of ether oxygens (including phenoxy) is 1. The lowest BCUT2D eigenvalue weighted by molar-refractivity contribution is -0.274. The number of benzene rings is 2. The second kappa shape index (κ2) is 8.54. The van der Waals surface area contributed by atoms with E-state index in [-0.39, 0.29) is 22.2 Å². The van der Waals surface area contributed by atoms with Crippen LogP contribution in [0.25, 0.3) is 5.78 Å². The Morgan fingerprint density at radius 2 is 1.64 bits per heavy atom. The zero-order valence-electron chi connectivity index (χ0n) is 16.7. The number of hydrogen-bond acceptors (Lipinski definition) is 6. The van der Waals surface area contributed by atoms with Crippen molar-refractivity contribution in [3.8, 4) is 5.75 Å². The van der Waals surface area contributed by atoms with Crippen LogP contribution in [0, 0.1) is 0 Å². The highest BCUT2D eigenvalue weighted by molar-refractivity contribution is 7.91. The van der Waals surface area contributed by atoms with Crippen LogP contribution < -0.4 is 10.1 Å². The Morgan fingerprint density at radius 1 is 1.00 bits per heavy atom. The molecule has 0 spiro atoms. The molecule has 1 amide bonds. The Balaban J connectivity index is 1.42. The lowest BCUT2D eigenvalue weighted by atomic mass is 10.2. The van der Waals surface area contributed by atoms with Gasteiger partial charge in [0.15, 0.2) is 0 Å². The molecule has 0 saturated heterocycles. The molecule has 33 heavy (non-hydrogen) atoms. The van der Waals surface area contributed by atoms with E-state index in [0.29, 0.717) is 16.9 Å². The van der Waals surface area contributed by atoms with Crippen LogP contribution in [0.3, 0.4) is 0 Å². The molecule has 0 fully saturated rings. The fourth-order valence-corrected chi connectivity index (χ4v) is 4.22. The molecule has 4 rings (SSSR count). The number of carbonyl (C=O) groups is 1. The first-order valence-electron chi connectivity index (χ1n) is 9.39. The van der Waals surface area contributed by atoms with Crippen molar-refractivity contribution >= 4 is 21.5 Å². The lowest BCUT2D eigenvalue weighted by Crippen LogP contribution is -2.23. The molecule has 2 aromatic heterocycles. The Bertz CT molecular complexity index is 1400. The summed E-state index contributed by atoms with van der Waals surface area (Å²) in [7, 11) is -3.95. The van der Waals surface area contributed by atoms with E-state index in [1.54, 1.807) is 23.0 Å². The van der Waals surface area contributed by atoms with Crippen LogP contribution in [-0.2, 0) is 16.4 Å². The number of halogens is 3. The SMILES string of the molecule is O=C(NCc1ccc(S(=O)(=O)c2ccc(OC(F)(F)F)cc2)cc1)c1cnc2nccn2c1. The van der Waals surface area contributed by atoms with Gasteiger partial charge in [-0.05, 0) is 42.0 Å². The maximum absolute atomic E-state index is 12.7. The molecule has 2 aromatic carbocycles. The predicted octanol–water partition coefficient (Wildman–Crippen LogP) is 3.39. The Morgan fingerprint density at radius 3 is 2.27 bits per heavy atom. The van der Waals surface area contributed by atoms with E-state index in [1.165, 1.54) is 30.5 Å². The molecule has 0 unspecified atom stereocenters. The fraction of sp³-hybridized carbons (Fsp3) is 0.0952. The molecule has 1 N–H and O–H groups in total. The van der Waals surface area contributed by atoms with E-state index < -0.39 is 21.9 Å². The van der Waals surface area contributed by atoms with Crippen molar-refractivity contribution < 1.29 is 31.1 Å². The molecule has 12 heteroatoms. The normalized spacial score (nSPS) is 12.0. The number of carbonyl (C=O) groups excluding carboxylic acids is 1. The van der Waals surface area contributed by atoms with Gasteiger partial charge in [0.25, 0.3) is 5.91 Å². The third kappa shape index (κ3) is 5.12. The minimum absolute atomic E-state index is 0.0446. The van der Waals surface area contributed by atoms with Crippen LogP contribution in [0.1, 0.15) is 15.9 Å². The second-order valence-electron chi connectivity index (χ2n) is 6.83. The molecule has 8 nitrogen and oxygen atoms in total. The summed E-state index contributed by atoms with van der Waals surface area (Å²) < 4.78 is 67.6. The number of rotatable bonds is 6. The average Bonchev–Trinajstić information content (AvgIpc) is 3.25. The molecule has 0 atom stereocenters. The molecule has 4 aromatic rings. The van der Waals surface area contributed by atoms with Gasteiger partial charge in [0.05, 0.1) is 15.4 Å². The monoisotopic (exact) mass is 476 g/mol. The number of aromatic nitrogens is 3. The van der Waals surface area contributed by atoms with Crippen molar-refractivity contribution in [3.63, 3.8) is 0 Å². The van der Waals surface area contributed by atoms with Crippen molar-refractivity contribution in [2.24, 2.45) is 0 Å². The van der Waals surface area contributed by atoms with Gasteiger partial charge in [-0.1, -0.05) is 12.1 Å². The van der Waals surface area contributed by atoms with Crippen LogP contribution in [-0.4, -0.2) is 35.1 Å². The quantitative estimate of drug-likeness (QED) is 0.458. The molecule has 0 aliphatic carbocycles. The first-order valence-corrected chi connectivity index (χ1v) is 10.9. The minimum Gasteiger partial charge on any atom is -0.406 e. The van der Waals surface area contributed by atoms with Crippen LogP contribution in [0.2, 0.25) is 0 Å². The summed E-state index contributed by atoms with van der Waals surface area (Å²) in [5.74, 6) is -0.420. The Kier molecular flexibility index (Phi) is 5.77. The fourth-order valence-electron chi connectivity index (χ4n) is 2.96. The van der Waals surface area contributed by atoms with Gasteiger partial charge in [-0.3, -0.25) is 9.20 Å². The highest BCUT2D eigenvalue weighted by atomic mass is 32.2. The third-order valence-electron chi connectivity index (χ3n) is 4.56. The number of nitrogens with zero attached hydrogens (tertiary/aromatic N) is 3. The molecule has 0 aliphatic heterocycles. The molecule has 0 aliphatic rings. The Hall–Kier alpha value is -3.93. The zero-order chi connectivity index (χ0) is 23.6. The van der Waals surface area contributed by atoms with Crippen LogP contribution >= 0.6 is 0 Å². The van der Waals surface area contributed by atoms with Crippen molar-refractivity contribution in [2.45, 2.75) is 22.7 Å². The number of amides is 1. The number of alkyl halides is 3. The number of nitrogens with one attached hydrogen (secondary N) is 1. The zero-order valence-corrected chi connectivity index (χ0v) is 17.5. The molecule has 0 bridgehead atoms. The van der Waals surface area contributed by atoms with E-state index in [4.69, 9.17) is 0 Å². The van der Waals surface area contributed by atoms with Crippen LogP contribution in [0.5, 0.6) is 5.75 Å². The number of fused-ring (bicyclic) bond motifs is 1. The molecule has 2 heterocycles. The van der Waals surface area contributed by atoms with Gasteiger partial charge in [-0.2, -0.15) is 0 Å². The molecular formula is C21H15F3N4O4S. The summed E-state index contributed by atoms with van der Waals surface area (Å²) in [5, 5.41) is 2.72. The van der Waals surface area contributed by atoms with Gasteiger partial charge in [0.2, 0.25) is 15.6 Å². The second-order valence-corrected chi connectivity index (χ2v) is 8.78. The third-order valence-corrected chi connectivity index (χ3v) is 6.35. The van der Waals surface area contributed by atoms with E-state index in [0.717, 1.165) is 24.3 Å². The van der Waals surface area contributed by atoms with Crippen molar-refractivity contribution in [3.05, 3.63) is 84.4 Å². The molecule has 0 saturated carbocycles. The summed E-state index contributed by atoms with van der Waals surface area (Å²) >= 11 is 0. The molecule has 0 radical (unpaired) electrons.